The van der Waals surface area contributed by atoms with E-state index in [2.05, 4.69) is 13.8 Å². The summed E-state index contributed by atoms with van der Waals surface area (Å²) in [5, 5.41) is 0. The summed E-state index contributed by atoms with van der Waals surface area (Å²) >= 11 is 0. The van der Waals surface area contributed by atoms with Crippen LogP contribution in [0.3, 0.4) is 0 Å². The number of hydrogen-bond donors (Lipinski definition) is 0. The highest BCUT2D eigenvalue weighted by atomic mass is 14.2. The van der Waals surface area contributed by atoms with Gasteiger partial charge in [0.2, 0.25) is 0 Å². The van der Waals surface area contributed by atoms with E-state index in [0.29, 0.717) is 5.92 Å². The molecule has 0 aromatic rings. The minimum Gasteiger partial charge on any atom is -0.341 e. The summed E-state index contributed by atoms with van der Waals surface area (Å²) < 4.78 is 0. The molecule has 1 saturated carbocycles. The van der Waals surface area contributed by atoms with Crippen LogP contribution in [0.2, 0.25) is 0 Å². The Morgan fingerprint density at radius 1 is 1.27 bits per heavy atom. The molecule has 0 aliphatic heterocycles. The largest absolute Gasteiger partial charge is 0.341 e. The molecular formula is C11H21-. The van der Waals surface area contributed by atoms with Gasteiger partial charge in [-0.2, -0.15) is 5.92 Å². The van der Waals surface area contributed by atoms with Crippen LogP contribution in [0.15, 0.2) is 0 Å². The topological polar surface area (TPSA) is 0 Å². The van der Waals surface area contributed by atoms with Crippen LogP contribution in [0.1, 0.15) is 51.9 Å². The lowest BCUT2D eigenvalue weighted by Gasteiger charge is -2.23. The van der Waals surface area contributed by atoms with Crippen molar-refractivity contribution >= 4 is 0 Å². The first-order valence-electron chi connectivity index (χ1n) is 5.12. The fourth-order valence-electron chi connectivity index (χ4n) is 2.00. The molecule has 1 fully saturated rings. The first-order chi connectivity index (χ1) is 5.29. The highest BCUT2D eigenvalue weighted by Crippen LogP contribution is 2.28. The Kier molecular flexibility index (Phi) is 3.96. The monoisotopic (exact) mass is 153 g/mol. The Balaban J connectivity index is 2.05. The molecule has 0 aromatic carbocycles. The van der Waals surface area contributed by atoms with Crippen molar-refractivity contribution < 1.29 is 0 Å². The predicted octanol–water partition coefficient (Wildman–Crippen LogP) is 3.82. The molecule has 0 N–H and O–H groups in total. The molecule has 0 saturated heterocycles. The van der Waals surface area contributed by atoms with Crippen LogP contribution in [0.25, 0.3) is 0 Å². The van der Waals surface area contributed by atoms with Crippen LogP contribution in [-0.4, -0.2) is 0 Å². The molecular weight excluding hydrogens is 132 g/mol. The van der Waals surface area contributed by atoms with Gasteiger partial charge in [-0.05, 0) is 5.92 Å². The van der Waals surface area contributed by atoms with E-state index < -0.39 is 0 Å². The highest BCUT2D eigenvalue weighted by molar-refractivity contribution is 4.67. The molecule has 0 amide bonds. The van der Waals surface area contributed by atoms with Crippen molar-refractivity contribution in [1.29, 1.82) is 0 Å². The Hall–Kier alpha value is 0. The molecule has 0 aromatic heterocycles. The Morgan fingerprint density at radius 3 is 2.45 bits per heavy atom. The van der Waals surface area contributed by atoms with Crippen molar-refractivity contribution in [1.82, 2.24) is 0 Å². The summed E-state index contributed by atoms with van der Waals surface area (Å²) in [6, 6.07) is 0. The van der Waals surface area contributed by atoms with Gasteiger partial charge >= 0.3 is 0 Å². The van der Waals surface area contributed by atoms with E-state index in [1.54, 1.807) is 0 Å². The molecule has 11 heavy (non-hydrogen) atoms. The lowest BCUT2D eigenvalue weighted by molar-refractivity contribution is 0.322. The summed E-state index contributed by atoms with van der Waals surface area (Å²) in [4.78, 5) is 0. The average molecular weight is 153 g/mol. The third-order valence-electron chi connectivity index (χ3n) is 2.79. The fourth-order valence-corrected chi connectivity index (χ4v) is 2.00. The second-order valence-electron chi connectivity index (χ2n) is 4.19. The van der Waals surface area contributed by atoms with Crippen molar-refractivity contribution in [2.75, 3.05) is 0 Å². The summed E-state index contributed by atoms with van der Waals surface area (Å²) in [7, 11) is 0. The van der Waals surface area contributed by atoms with Gasteiger partial charge in [-0.25, -0.2) is 0 Å². The van der Waals surface area contributed by atoms with Crippen LogP contribution in [0, 0.1) is 18.8 Å². The molecule has 1 aliphatic rings. The van der Waals surface area contributed by atoms with E-state index in [-0.39, 0.29) is 0 Å². The van der Waals surface area contributed by atoms with E-state index in [4.69, 9.17) is 0 Å². The minimum atomic E-state index is 0.664. The molecule has 0 radical (unpaired) electrons. The summed E-state index contributed by atoms with van der Waals surface area (Å²) in [6.07, 6.45) is 10.2. The fraction of sp³-hybridized carbons (Fsp3) is 0.909. The van der Waals surface area contributed by atoms with Gasteiger partial charge in [0.25, 0.3) is 0 Å². The standard InChI is InChI=1S/C11H21/c1-10(2)8-9-11-6-4-3-5-7-11/h10-11H,1,3-9H2,2H3/q-1. The molecule has 0 spiro atoms. The zero-order valence-corrected chi connectivity index (χ0v) is 7.81. The van der Waals surface area contributed by atoms with Gasteiger partial charge in [0.05, 0.1) is 0 Å². The number of hydrogen-bond acceptors (Lipinski definition) is 0. The Labute approximate surface area is 71.4 Å². The second kappa shape index (κ2) is 4.79. The van der Waals surface area contributed by atoms with Crippen molar-refractivity contribution in [3.8, 4) is 0 Å². The quantitative estimate of drug-likeness (QED) is 0.541. The Morgan fingerprint density at radius 2 is 1.91 bits per heavy atom. The SMILES string of the molecule is [CH2-]C(C)CCC1CCCCC1. The highest BCUT2D eigenvalue weighted by Gasteiger charge is 2.12. The maximum absolute atomic E-state index is 4.02. The van der Waals surface area contributed by atoms with Gasteiger partial charge in [0.1, 0.15) is 0 Å². The molecule has 0 heteroatoms. The molecule has 0 nitrogen and oxygen atoms in total. The van der Waals surface area contributed by atoms with E-state index >= 15 is 0 Å². The summed E-state index contributed by atoms with van der Waals surface area (Å²) in [5.74, 6) is 1.71. The van der Waals surface area contributed by atoms with Crippen molar-refractivity contribution in [2.24, 2.45) is 11.8 Å². The first-order valence-corrected chi connectivity index (χ1v) is 5.12. The van der Waals surface area contributed by atoms with Crippen LogP contribution in [0.4, 0.5) is 0 Å². The predicted molar refractivity (Wildman–Crippen MR) is 50.3 cm³/mol. The van der Waals surface area contributed by atoms with Crippen LogP contribution >= 0.6 is 0 Å². The summed E-state index contributed by atoms with van der Waals surface area (Å²) in [5.41, 5.74) is 0. The van der Waals surface area contributed by atoms with Crippen LogP contribution in [-0.2, 0) is 0 Å². The molecule has 1 rings (SSSR count). The molecule has 0 bridgehead atoms. The van der Waals surface area contributed by atoms with Gasteiger partial charge in [-0.3, -0.25) is 0 Å². The molecule has 1 atom stereocenters. The third-order valence-corrected chi connectivity index (χ3v) is 2.79. The van der Waals surface area contributed by atoms with E-state index in [1.807, 2.05) is 0 Å². The van der Waals surface area contributed by atoms with E-state index in [0.717, 1.165) is 5.92 Å². The maximum Gasteiger partial charge on any atom is -0.0415 e. The Bertz CT molecular complexity index is 88.2. The maximum atomic E-state index is 4.02. The molecule has 66 valence electrons. The van der Waals surface area contributed by atoms with E-state index in [1.165, 1.54) is 44.9 Å². The average Bonchev–Trinajstić information content (AvgIpc) is 2.03. The molecule has 1 unspecified atom stereocenters. The van der Waals surface area contributed by atoms with E-state index in [9.17, 15) is 0 Å². The zero-order valence-electron chi connectivity index (χ0n) is 7.81. The van der Waals surface area contributed by atoms with Gasteiger partial charge in [-0.15, -0.1) is 0 Å². The smallest absolute Gasteiger partial charge is 0.0415 e. The first kappa shape index (κ1) is 9.09. The second-order valence-corrected chi connectivity index (χ2v) is 4.19. The normalized spacial score (nSPS) is 23.5. The lowest BCUT2D eigenvalue weighted by Crippen LogP contribution is -2.07. The third kappa shape index (κ3) is 3.79. The van der Waals surface area contributed by atoms with Gasteiger partial charge in [0.15, 0.2) is 0 Å². The summed E-state index contributed by atoms with van der Waals surface area (Å²) in [6.45, 7) is 6.25. The van der Waals surface area contributed by atoms with Crippen LogP contribution < -0.4 is 0 Å². The van der Waals surface area contributed by atoms with Gasteiger partial charge < -0.3 is 6.92 Å². The van der Waals surface area contributed by atoms with Crippen molar-refractivity contribution in [2.45, 2.75) is 51.9 Å². The molecule has 0 heterocycles. The van der Waals surface area contributed by atoms with Crippen molar-refractivity contribution in [3.05, 3.63) is 6.92 Å². The van der Waals surface area contributed by atoms with Crippen molar-refractivity contribution in [3.63, 3.8) is 0 Å². The zero-order chi connectivity index (χ0) is 8.10. The van der Waals surface area contributed by atoms with Crippen LogP contribution in [0.5, 0.6) is 0 Å². The molecule has 1 aliphatic carbocycles. The van der Waals surface area contributed by atoms with Gasteiger partial charge in [0, 0.05) is 0 Å². The van der Waals surface area contributed by atoms with Gasteiger partial charge in [-0.1, -0.05) is 51.9 Å². The lowest BCUT2D eigenvalue weighted by atomic mass is 9.85. The number of rotatable bonds is 3. The minimum absolute atomic E-state index is 0.664.